The molecule has 2 aliphatic heterocycles. The molecule has 4 atom stereocenters. The molecule has 0 aromatic heterocycles. The predicted octanol–water partition coefficient (Wildman–Crippen LogP) is 2.33. The largest absolute Gasteiger partial charge is 0.376 e. The van der Waals surface area contributed by atoms with Crippen molar-refractivity contribution in [2.75, 3.05) is 31.2 Å². The zero-order chi connectivity index (χ0) is 17.7. The summed E-state index contributed by atoms with van der Waals surface area (Å²) < 4.78 is 29.0. The van der Waals surface area contributed by atoms with Crippen molar-refractivity contribution in [1.29, 1.82) is 0 Å². The van der Waals surface area contributed by atoms with Crippen LogP contribution in [0.3, 0.4) is 0 Å². The molecule has 3 aliphatic rings. The lowest BCUT2D eigenvalue weighted by Crippen LogP contribution is -2.47. The molecular weight excluding hydrogens is 465 g/mol. The van der Waals surface area contributed by atoms with Crippen LogP contribution < -0.4 is 10.6 Å². The van der Waals surface area contributed by atoms with Gasteiger partial charge in [0.25, 0.3) is 0 Å². The Bertz CT molecular complexity index is 564. The van der Waals surface area contributed by atoms with Crippen molar-refractivity contribution in [3.8, 4) is 0 Å². The highest BCUT2D eigenvalue weighted by Gasteiger charge is 2.28. The second kappa shape index (κ2) is 10.5. The summed E-state index contributed by atoms with van der Waals surface area (Å²) in [6.07, 6.45) is 8.18. The monoisotopic (exact) mass is 499 g/mol. The van der Waals surface area contributed by atoms with Crippen molar-refractivity contribution in [1.82, 2.24) is 10.6 Å². The summed E-state index contributed by atoms with van der Waals surface area (Å²) >= 11 is 0. The Morgan fingerprint density at radius 3 is 2.69 bits per heavy atom. The number of guanidine groups is 1. The van der Waals surface area contributed by atoms with Crippen LogP contribution in [0.5, 0.6) is 0 Å². The first-order valence-corrected chi connectivity index (χ1v) is 11.7. The number of aliphatic imine (C=N–C) groups is 1. The van der Waals surface area contributed by atoms with Crippen LogP contribution in [0, 0.1) is 11.8 Å². The molecular formula is C18H34IN3O3S. The van der Waals surface area contributed by atoms with Gasteiger partial charge in [-0.05, 0) is 43.9 Å². The second-order valence-corrected chi connectivity index (χ2v) is 10.3. The number of nitrogens with zero attached hydrogens (tertiary/aromatic N) is 1. The van der Waals surface area contributed by atoms with E-state index >= 15 is 0 Å². The Morgan fingerprint density at radius 1 is 1.19 bits per heavy atom. The van der Waals surface area contributed by atoms with Crippen LogP contribution in [0.2, 0.25) is 0 Å². The molecule has 26 heavy (non-hydrogen) atoms. The van der Waals surface area contributed by atoms with Crippen molar-refractivity contribution < 1.29 is 13.2 Å². The fourth-order valence-electron chi connectivity index (χ4n) is 4.16. The van der Waals surface area contributed by atoms with E-state index in [4.69, 9.17) is 9.73 Å². The summed E-state index contributed by atoms with van der Waals surface area (Å²) in [7, 11) is -2.83. The smallest absolute Gasteiger partial charge is 0.191 e. The summed E-state index contributed by atoms with van der Waals surface area (Å²) in [5, 5.41) is 7.02. The Labute approximate surface area is 175 Å². The van der Waals surface area contributed by atoms with Gasteiger partial charge in [0.1, 0.15) is 0 Å². The molecule has 3 fully saturated rings. The molecule has 0 amide bonds. The third-order valence-electron chi connectivity index (χ3n) is 5.63. The van der Waals surface area contributed by atoms with Crippen molar-refractivity contribution >= 4 is 39.8 Å². The average Bonchev–Trinajstić information content (AvgIpc) is 3.19. The van der Waals surface area contributed by atoms with Gasteiger partial charge in [-0.3, -0.25) is 4.99 Å². The number of hydrogen-bond acceptors (Lipinski definition) is 4. The quantitative estimate of drug-likeness (QED) is 0.345. The average molecular weight is 499 g/mol. The van der Waals surface area contributed by atoms with Crippen molar-refractivity contribution in [2.24, 2.45) is 16.8 Å². The maximum absolute atomic E-state index is 11.6. The van der Waals surface area contributed by atoms with E-state index in [1.807, 2.05) is 0 Å². The minimum Gasteiger partial charge on any atom is -0.376 e. The molecule has 2 N–H and O–H groups in total. The molecule has 4 unspecified atom stereocenters. The topological polar surface area (TPSA) is 79.8 Å². The number of rotatable bonds is 5. The molecule has 0 aromatic carbocycles. The molecule has 3 rings (SSSR count). The van der Waals surface area contributed by atoms with Gasteiger partial charge in [-0.2, -0.15) is 0 Å². The summed E-state index contributed by atoms with van der Waals surface area (Å²) in [6, 6.07) is 0.465. The molecule has 152 valence electrons. The molecule has 0 aromatic rings. The molecule has 6 nitrogen and oxygen atoms in total. The molecule has 8 heteroatoms. The van der Waals surface area contributed by atoms with Crippen molar-refractivity contribution in [3.63, 3.8) is 0 Å². The van der Waals surface area contributed by atoms with Crippen LogP contribution in [0.15, 0.2) is 4.99 Å². The Kier molecular flexibility index (Phi) is 8.93. The zero-order valence-corrected chi connectivity index (χ0v) is 18.9. The molecule has 2 heterocycles. The van der Waals surface area contributed by atoms with Crippen molar-refractivity contribution in [2.45, 2.75) is 64.0 Å². The number of sulfone groups is 1. The number of halogens is 1. The minimum atomic E-state index is -2.83. The van der Waals surface area contributed by atoms with Gasteiger partial charge in [-0.25, -0.2) is 8.42 Å². The van der Waals surface area contributed by atoms with Gasteiger partial charge >= 0.3 is 0 Å². The van der Waals surface area contributed by atoms with Crippen molar-refractivity contribution in [3.05, 3.63) is 0 Å². The first-order chi connectivity index (χ1) is 12.0. The van der Waals surface area contributed by atoms with Gasteiger partial charge in [0.15, 0.2) is 15.8 Å². The molecule has 0 spiro atoms. The molecule has 0 bridgehead atoms. The fraction of sp³-hybridized carbons (Fsp3) is 0.944. The Hall–Kier alpha value is -0.0900. The van der Waals surface area contributed by atoms with Crippen LogP contribution in [0.1, 0.15) is 51.9 Å². The third-order valence-corrected chi connectivity index (χ3v) is 7.47. The van der Waals surface area contributed by atoms with E-state index in [0.29, 0.717) is 18.3 Å². The van der Waals surface area contributed by atoms with Gasteiger partial charge in [-0.15, -0.1) is 24.0 Å². The maximum atomic E-state index is 11.6. The predicted molar refractivity (Wildman–Crippen MR) is 116 cm³/mol. The summed E-state index contributed by atoms with van der Waals surface area (Å²) in [6.45, 7) is 4.53. The number of ether oxygens (including phenoxy) is 1. The molecule has 2 saturated heterocycles. The second-order valence-electron chi connectivity index (χ2n) is 8.09. The lowest BCUT2D eigenvalue weighted by molar-refractivity contribution is 0.113. The standard InChI is InChI=1S/C18H33N3O3S.HI/c1-14-4-2-5-16(10-14)21-18(20-12-17-6-3-8-24-17)19-11-15-7-9-25(22,23)13-15;/h14-17H,2-13H2,1H3,(H2,19,20,21);1H. The number of hydrogen-bond donors (Lipinski definition) is 2. The minimum absolute atomic E-state index is 0. The molecule has 0 radical (unpaired) electrons. The van der Waals surface area contributed by atoms with E-state index in [9.17, 15) is 8.42 Å². The summed E-state index contributed by atoms with van der Waals surface area (Å²) in [5.74, 6) is 2.36. The van der Waals surface area contributed by atoms with E-state index in [1.54, 1.807) is 0 Å². The van der Waals surface area contributed by atoms with Gasteiger partial charge in [0.2, 0.25) is 0 Å². The van der Waals surface area contributed by atoms with E-state index in [-0.39, 0.29) is 41.8 Å². The van der Waals surface area contributed by atoms with E-state index in [1.165, 1.54) is 25.7 Å². The van der Waals surface area contributed by atoms with Crippen LogP contribution in [-0.4, -0.2) is 57.7 Å². The third kappa shape index (κ3) is 7.14. The van der Waals surface area contributed by atoms with E-state index in [0.717, 1.165) is 44.3 Å². The molecule has 1 saturated carbocycles. The van der Waals surface area contributed by atoms with Gasteiger partial charge in [0, 0.05) is 25.7 Å². The zero-order valence-electron chi connectivity index (χ0n) is 15.8. The van der Waals surface area contributed by atoms with Crippen LogP contribution in [0.4, 0.5) is 0 Å². The fourth-order valence-corrected chi connectivity index (χ4v) is 6.01. The highest BCUT2D eigenvalue weighted by Crippen LogP contribution is 2.23. The van der Waals surface area contributed by atoms with E-state index < -0.39 is 9.84 Å². The van der Waals surface area contributed by atoms with Crippen LogP contribution >= 0.6 is 24.0 Å². The lowest BCUT2D eigenvalue weighted by atomic mass is 9.87. The van der Waals surface area contributed by atoms with E-state index in [2.05, 4.69) is 17.6 Å². The lowest BCUT2D eigenvalue weighted by Gasteiger charge is -2.29. The molecule has 1 aliphatic carbocycles. The van der Waals surface area contributed by atoms with Gasteiger partial charge in [-0.1, -0.05) is 19.8 Å². The van der Waals surface area contributed by atoms with Gasteiger partial charge in [0.05, 0.1) is 17.6 Å². The maximum Gasteiger partial charge on any atom is 0.191 e. The summed E-state index contributed by atoms with van der Waals surface area (Å²) in [5.41, 5.74) is 0. The Balaban J connectivity index is 0.00000243. The summed E-state index contributed by atoms with van der Waals surface area (Å²) in [4.78, 5) is 4.73. The first kappa shape index (κ1) is 22.2. The highest BCUT2D eigenvalue weighted by atomic mass is 127. The normalized spacial score (nSPS) is 34.3. The number of nitrogens with one attached hydrogen (secondary N) is 2. The van der Waals surface area contributed by atoms with Crippen LogP contribution in [-0.2, 0) is 14.6 Å². The van der Waals surface area contributed by atoms with Crippen LogP contribution in [0.25, 0.3) is 0 Å². The first-order valence-electron chi connectivity index (χ1n) is 9.87. The SMILES string of the molecule is CC1CCCC(NC(=NCC2CCS(=O)(=O)C2)NCC2CCCO2)C1.I. The highest BCUT2D eigenvalue weighted by molar-refractivity contribution is 14.0. The Morgan fingerprint density at radius 2 is 2.04 bits per heavy atom. The van der Waals surface area contributed by atoms with Gasteiger partial charge < -0.3 is 15.4 Å².